The largest absolute Gasteiger partial charge is 0.481 e. The molecule has 0 aliphatic heterocycles. The zero-order valence-corrected chi connectivity index (χ0v) is 9.48. The quantitative estimate of drug-likeness (QED) is 0.833. The van der Waals surface area contributed by atoms with Crippen molar-refractivity contribution in [3.8, 4) is 0 Å². The van der Waals surface area contributed by atoms with E-state index < -0.39 is 11.9 Å². The van der Waals surface area contributed by atoms with Crippen LogP contribution in [0, 0.1) is 11.7 Å². The van der Waals surface area contributed by atoms with E-state index in [4.69, 9.17) is 5.11 Å². The van der Waals surface area contributed by atoms with Crippen molar-refractivity contribution in [3.05, 3.63) is 35.6 Å². The third kappa shape index (κ3) is 3.62. The van der Waals surface area contributed by atoms with Gasteiger partial charge in [0.05, 0.1) is 5.92 Å². The first-order chi connectivity index (χ1) is 7.50. The van der Waals surface area contributed by atoms with E-state index in [9.17, 15) is 9.18 Å². The summed E-state index contributed by atoms with van der Waals surface area (Å²) in [5.74, 6) is -1.53. The maximum Gasteiger partial charge on any atom is 0.307 e. The molecule has 88 valence electrons. The van der Waals surface area contributed by atoms with Crippen molar-refractivity contribution in [2.75, 3.05) is 13.6 Å². The molecule has 0 amide bonds. The first-order valence-corrected chi connectivity index (χ1v) is 5.15. The molecule has 0 unspecified atom stereocenters. The van der Waals surface area contributed by atoms with Crippen molar-refractivity contribution in [1.82, 2.24) is 4.90 Å². The lowest BCUT2D eigenvalue weighted by molar-refractivity contribution is -0.141. The number of rotatable bonds is 5. The lowest BCUT2D eigenvalue weighted by Crippen LogP contribution is -2.28. The topological polar surface area (TPSA) is 40.5 Å². The molecule has 1 atom stereocenters. The number of aliphatic carboxylic acids is 1. The van der Waals surface area contributed by atoms with Gasteiger partial charge in [-0.05, 0) is 13.1 Å². The van der Waals surface area contributed by atoms with E-state index in [1.807, 2.05) is 0 Å². The van der Waals surface area contributed by atoms with Crippen molar-refractivity contribution in [2.45, 2.75) is 13.5 Å². The van der Waals surface area contributed by atoms with E-state index in [1.165, 1.54) is 6.07 Å². The highest BCUT2D eigenvalue weighted by Crippen LogP contribution is 2.10. The average Bonchev–Trinajstić information content (AvgIpc) is 2.21. The molecule has 1 rings (SSSR count). The first kappa shape index (κ1) is 12.6. The lowest BCUT2D eigenvalue weighted by Gasteiger charge is -2.19. The van der Waals surface area contributed by atoms with Crippen LogP contribution < -0.4 is 0 Å². The molecular weight excluding hydrogens is 209 g/mol. The molecule has 0 radical (unpaired) electrons. The first-order valence-electron chi connectivity index (χ1n) is 5.15. The number of carbonyl (C=O) groups is 1. The molecule has 0 aliphatic carbocycles. The third-order valence-electron chi connectivity index (χ3n) is 2.41. The highest BCUT2D eigenvalue weighted by Gasteiger charge is 2.14. The van der Waals surface area contributed by atoms with Crippen molar-refractivity contribution >= 4 is 5.97 Å². The maximum atomic E-state index is 13.3. The van der Waals surface area contributed by atoms with Crippen molar-refractivity contribution in [2.24, 2.45) is 5.92 Å². The van der Waals surface area contributed by atoms with Crippen LogP contribution in [0.25, 0.3) is 0 Å². The highest BCUT2D eigenvalue weighted by atomic mass is 19.1. The van der Waals surface area contributed by atoms with Crippen LogP contribution in [0.4, 0.5) is 4.39 Å². The van der Waals surface area contributed by atoms with Gasteiger partial charge < -0.3 is 10.0 Å². The van der Waals surface area contributed by atoms with E-state index in [1.54, 1.807) is 37.1 Å². The number of benzene rings is 1. The molecule has 3 nitrogen and oxygen atoms in total. The Labute approximate surface area is 94.5 Å². The van der Waals surface area contributed by atoms with Crippen LogP contribution in [0.2, 0.25) is 0 Å². The molecular formula is C12H16FNO2. The second kappa shape index (κ2) is 5.61. The summed E-state index contributed by atoms with van der Waals surface area (Å²) in [6, 6.07) is 6.52. The summed E-state index contributed by atoms with van der Waals surface area (Å²) in [5.41, 5.74) is 0.586. The Morgan fingerprint density at radius 2 is 2.12 bits per heavy atom. The minimum absolute atomic E-state index is 0.252. The number of carboxylic acid groups (broad SMARTS) is 1. The lowest BCUT2D eigenvalue weighted by atomic mass is 10.1. The summed E-state index contributed by atoms with van der Waals surface area (Å²) in [6.45, 7) is 2.47. The van der Waals surface area contributed by atoms with Gasteiger partial charge in [0.25, 0.3) is 0 Å². The van der Waals surface area contributed by atoms with E-state index in [0.29, 0.717) is 18.7 Å². The van der Waals surface area contributed by atoms with E-state index in [0.717, 1.165) is 0 Å². The average molecular weight is 225 g/mol. The van der Waals surface area contributed by atoms with Crippen LogP contribution in [0.1, 0.15) is 12.5 Å². The number of hydrogen-bond acceptors (Lipinski definition) is 2. The Kier molecular flexibility index (Phi) is 4.43. The summed E-state index contributed by atoms with van der Waals surface area (Å²) >= 11 is 0. The van der Waals surface area contributed by atoms with Crippen LogP contribution >= 0.6 is 0 Å². The zero-order valence-electron chi connectivity index (χ0n) is 9.48. The minimum atomic E-state index is -0.833. The molecule has 1 N–H and O–H groups in total. The van der Waals surface area contributed by atoms with Gasteiger partial charge in [0, 0.05) is 18.7 Å². The number of halogens is 1. The van der Waals surface area contributed by atoms with Gasteiger partial charge in [0.15, 0.2) is 0 Å². The van der Waals surface area contributed by atoms with Gasteiger partial charge in [0.1, 0.15) is 5.82 Å². The van der Waals surface area contributed by atoms with E-state index in [2.05, 4.69) is 0 Å². The number of carboxylic acids is 1. The minimum Gasteiger partial charge on any atom is -0.481 e. The summed E-state index contributed by atoms with van der Waals surface area (Å²) in [5, 5.41) is 8.75. The van der Waals surface area contributed by atoms with Crippen LogP contribution in [-0.2, 0) is 11.3 Å². The molecule has 0 saturated carbocycles. The van der Waals surface area contributed by atoms with Gasteiger partial charge in [-0.25, -0.2) is 4.39 Å². The summed E-state index contributed by atoms with van der Waals surface area (Å²) in [6.07, 6.45) is 0. The standard InChI is InChI=1S/C12H16FNO2/c1-9(12(15)16)7-14(2)8-10-5-3-4-6-11(10)13/h3-6,9H,7-8H2,1-2H3,(H,15,16)/t9-/m0/s1. The summed E-state index contributed by atoms with van der Waals surface area (Å²) < 4.78 is 13.3. The predicted molar refractivity (Wildman–Crippen MR) is 59.5 cm³/mol. The second-order valence-corrected chi connectivity index (χ2v) is 4.03. The van der Waals surface area contributed by atoms with Gasteiger partial charge >= 0.3 is 5.97 Å². The van der Waals surface area contributed by atoms with Gasteiger partial charge in [-0.3, -0.25) is 4.79 Å². The fourth-order valence-electron chi connectivity index (χ4n) is 1.53. The Bertz CT molecular complexity index is 368. The summed E-state index contributed by atoms with van der Waals surface area (Å²) in [4.78, 5) is 12.5. The van der Waals surface area contributed by atoms with Crippen molar-refractivity contribution in [3.63, 3.8) is 0 Å². The molecule has 0 bridgehead atoms. The van der Waals surface area contributed by atoms with Crippen LogP contribution in [0.3, 0.4) is 0 Å². The number of nitrogens with zero attached hydrogens (tertiary/aromatic N) is 1. The fourth-order valence-corrected chi connectivity index (χ4v) is 1.53. The summed E-state index contributed by atoms with van der Waals surface area (Å²) in [7, 11) is 1.78. The monoisotopic (exact) mass is 225 g/mol. The Hall–Kier alpha value is -1.42. The SMILES string of the molecule is C[C@@H](CN(C)Cc1ccccc1F)C(=O)O. The fraction of sp³-hybridized carbons (Fsp3) is 0.417. The van der Waals surface area contributed by atoms with Gasteiger partial charge in [0.2, 0.25) is 0 Å². The Morgan fingerprint density at radius 1 is 1.50 bits per heavy atom. The van der Waals surface area contributed by atoms with Gasteiger partial charge in [-0.15, -0.1) is 0 Å². The molecule has 0 aromatic heterocycles. The van der Waals surface area contributed by atoms with Crippen LogP contribution in [0.15, 0.2) is 24.3 Å². The number of hydrogen-bond donors (Lipinski definition) is 1. The Morgan fingerprint density at radius 3 is 2.69 bits per heavy atom. The molecule has 4 heteroatoms. The molecule has 16 heavy (non-hydrogen) atoms. The normalized spacial score (nSPS) is 12.8. The van der Waals surface area contributed by atoms with Crippen molar-refractivity contribution < 1.29 is 14.3 Å². The predicted octanol–water partition coefficient (Wildman–Crippen LogP) is 1.98. The zero-order chi connectivity index (χ0) is 12.1. The molecule has 1 aromatic carbocycles. The van der Waals surface area contributed by atoms with Crippen molar-refractivity contribution in [1.29, 1.82) is 0 Å². The molecule has 0 heterocycles. The van der Waals surface area contributed by atoms with Gasteiger partial charge in [-0.1, -0.05) is 25.1 Å². The molecule has 0 fully saturated rings. The van der Waals surface area contributed by atoms with E-state index in [-0.39, 0.29) is 5.82 Å². The molecule has 0 saturated heterocycles. The van der Waals surface area contributed by atoms with Crippen LogP contribution in [-0.4, -0.2) is 29.6 Å². The van der Waals surface area contributed by atoms with E-state index >= 15 is 0 Å². The highest BCUT2D eigenvalue weighted by molar-refractivity contribution is 5.69. The smallest absolute Gasteiger partial charge is 0.307 e. The molecule has 0 aliphatic rings. The van der Waals surface area contributed by atoms with Crippen LogP contribution in [0.5, 0.6) is 0 Å². The van der Waals surface area contributed by atoms with Gasteiger partial charge in [-0.2, -0.15) is 0 Å². The second-order valence-electron chi connectivity index (χ2n) is 4.03. The Balaban J connectivity index is 2.55. The third-order valence-corrected chi connectivity index (χ3v) is 2.41. The maximum absolute atomic E-state index is 13.3. The molecule has 0 spiro atoms. The molecule has 1 aromatic rings.